The van der Waals surface area contributed by atoms with Gasteiger partial charge in [0.05, 0.1) is 7.11 Å². The molecule has 0 aromatic heterocycles. The molecule has 0 aliphatic carbocycles. The van der Waals surface area contributed by atoms with Crippen LogP contribution < -0.4 is 4.74 Å². The van der Waals surface area contributed by atoms with Gasteiger partial charge < -0.3 is 9.84 Å². The van der Waals surface area contributed by atoms with Gasteiger partial charge in [0.2, 0.25) is 0 Å². The van der Waals surface area contributed by atoms with Crippen molar-refractivity contribution in [3.63, 3.8) is 0 Å². The lowest BCUT2D eigenvalue weighted by Crippen LogP contribution is -1.88. The van der Waals surface area contributed by atoms with Gasteiger partial charge >= 0.3 is 0 Å². The molecule has 0 saturated heterocycles. The van der Waals surface area contributed by atoms with E-state index in [1.54, 1.807) is 25.3 Å². The molecule has 3 heteroatoms. The fourth-order valence-electron chi connectivity index (χ4n) is 0.975. The minimum Gasteiger partial charge on any atom is -0.496 e. The molecule has 1 N–H and O–H groups in total. The van der Waals surface area contributed by atoms with Gasteiger partial charge in [0, 0.05) is 12.7 Å². The lowest BCUT2D eigenvalue weighted by Gasteiger charge is -2.03. The summed E-state index contributed by atoms with van der Waals surface area (Å²) in [6.07, 6.45) is 0.826. The number of aryl methyl sites for hydroxylation is 1. The molecule has 0 bridgehead atoms. The van der Waals surface area contributed by atoms with Crippen molar-refractivity contribution in [1.82, 2.24) is 0 Å². The number of hydrogen-bond donors (Lipinski definition) is 1. The molecule has 0 fully saturated rings. The van der Waals surface area contributed by atoms with E-state index in [2.05, 4.69) is 0 Å². The molecule has 0 unspecified atom stereocenters. The second-order valence-corrected chi connectivity index (χ2v) is 2.35. The van der Waals surface area contributed by atoms with Crippen LogP contribution in [0.1, 0.15) is 29.8 Å². The van der Waals surface area contributed by atoms with Crippen LogP contribution in [0, 0.1) is 6.92 Å². The van der Waals surface area contributed by atoms with E-state index in [4.69, 9.17) is 9.84 Å². The zero-order valence-corrected chi connectivity index (χ0v) is 10.1. The zero-order valence-electron chi connectivity index (χ0n) is 10.1. The molecule has 0 aliphatic heterocycles. The third-order valence-electron chi connectivity index (χ3n) is 1.55. The Morgan fingerprint density at radius 3 is 2.13 bits per heavy atom. The van der Waals surface area contributed by atoms with Crippen LogP contribution in [0.25, 0.3) is 0 Å². The van der Waals surface area contributed by atoms with Gasteiger partial charge in [0.25, 0.3) is 0 Å². The summed E-state index contributed by atoms with van der Waals surface area (Å²) in [6, 6.07) is 5.32. The van der Waals surface area contributed by atoms with Crippen LogP contribution in [0.2, 0.25) is 0 Å². The smallest absolute Gasteiger partial charge is 0.150 e. The highest BCUT2D eigenvalue weighted by molar-refractivity contribution is 5.75. The maximum absolute atomic E-state index is 10.3. The first kappa shape index (κ1) is 16.1. The molecule has 1 aromatic rings. The van der Waals surface area contributed by atoms with Crippen LogP contribution >= 0.6 is 0 Å². The van der Waals surface area contributed by atoms with Crippen LogP contribution in [0.3, 0.4) is 0 Å². The van der Waals surface area contributed by atoms with Crippen LogP contribution in [-0.4, -0.2) is 25.6 Å². The highest BCUT2D eigenvalue weighted by Gasteiger charge is 1.97. The predicted molar refractivity (Wildman–Crippen MR) is 62.6 cm³/mol. The molecule has 1 aromatic carbocycles. The van der Waals surface area contributed by atoms with E-state index in [-0.39, 0.29) is 0 Å². The van der Waals surface area contributed by atoms with Crippen LogP contribution in [0.4, 0.5) is 0 Å². The van der Waals surface area contributed by atoms with Crippen molar-refractivity contribution in [2.75, 3.05) is 14.2 Å². The molecule has 0 radical (unpaired) electrons. The Hall–Kier alpha value is -1.35. The van der Waals surface area contributed by atoms with E-state index >= 15 is 0 Å². The minimum absolute atomic E-state index is 0.684. The second kappa shape index (κ2) is 10.7. The highest BCUT2D eigenvalue weighted by atomic mass is 16.5. The van der Waals surface area contributed by atoms with Crippen molar-refractivity contribution in [1.29, 1.82) is 0 Å². The van der Waals surface area contributed by atoms with Gasteiger partial charge in [-0.3, -0.25) is 4.79 Å². The summed E-state index contributed by atoms with van der Waals surface area (Å²) in [6.45, 7) is 5.91. The Labute approximate surface area is 91.7 Å². The monoisotopic (exact) mass is 212 g/mol. The third kappa shape index (κ3) is 5.86. The fraction of sp³-hybridized carbons (Fsp3) is 0.417. The number of methoxy groups -OCH3 is 1. The van der Waals surface area contributed by atoms with Gasteiger partial charge in [-0.15, -0.1) is 0 Å². The SMILES string of the molecule is CC.CO.COc1ccc(C=O)cc1C. The molecule has 15 heavy (non-hydrogen) atoms. The first-order valence-corrected chi connectivity index (χ1v) is 4.82. The number of rotatable bonds is 2. The molecule has 86 valence electrons. The summed E-state index contributed by atoms with van der Waals surface area (Å²) in [4.78, 5) is 10.3. The standard InChI is InChI=1S/C9H10O2.C2H6.CH4O/c1-7-5-8(6-10)3-4-9(7)11-2;2*1-2/h3-6H,1-2H3;1-2H3;2H,1H3. The molecule has 3 nitrogen and oxygen atoms in total. The van der Waals surface area contributed by atoms with Crippen molar-refractivity contribution in [3.05, 3.63) is 29.3 Å². The Morgan fingerprint density at radius 1 is 1.27 bits per heavy atom. The Balaban J connectivity index is 0. The van der Waals surface area contributed by atoms with E-state index in [0.717, 1.165) is 24.7 Å². The average molecular weight is 212 g/mol. The van der Waals surface area contributed by atoms with E-state index < -0.39 is 0 Å². The summed E-state index contributed by atoms with van der Waals surface area (Å²) >= 11 is 0. The lowest BCUT2D eigenvalue weighted by molar-refractivity contribution is 0.112. The summed E-state index contributed by atoms with van der Waals surface area (Å²) in [5.74, 6) is 0.815. The number of aldehydes is 1. The fourth-order valence-corrected chi connectivity index (χ4v) is 0.975. The van der Waals surface area contributed by atoms with E-state index in [9.17, 15) is 4.79 Å². The molecule has 0 heterocycles. The average Bonchev–Trinajstić information content (AvgIpc) is 2.34. The van der Waals surface area contributed by atoms with Crippen molar-refractivity contribution in [2.45, 2.75) is 20.8 Å². The summed E-state index contributed by atoms with van der Waals surface area (Å²) in [5.41, 5.74) is 1.67. The molecular weight excluding hydrogens is 192 g/mol. The number of hydrogen-bond acceptors (Lipinski definition) is 3. The van der Waals surface area contributed by atoms with Crippen molar-refractivity contribution < 1.29 is 14.6 Å². The molecule has 0 aliphatic rings. The number of benzene rings is 1. The van der Waals surface area contributed by atoms with Gasteiger partial charge in [-0.2, -0.15) is 0 Å². The summed E-state index contributed by atoms with van der Waals surface area (Å²) < 4.78 is 5.03. The van der Waals surface area contributed by atoms with Crippen molar-refractivity contribution >= 4 is 6.29 Å². The van der Waals surface area contributed by atoms with Crippen LogP contribution in [0.5, 0.6) is 5.75 Å². The van der Waals surface area contributed by atoms with Gasteiger partial charge in [-0.05, 0) is 30.7 Å². The second-order valence-electron chi connectivity index (χ2n) is 2.35. The van der Waals surface area contributed by atoms with Crippen LogP contribution in [0.15, 0.2) is 18.2 Å². The lowest BCUT2D eigenvalue weighted by atomic mass is 10.1. The van der Waals surface area contributed by atoms with Crippen molar-refractivity contribution in [2.24, 2.45) is 0 Å². The zero-order chi connectivity index (χ0) is 12.3. The third-order valence-corrected chi connectivity index (χ3v) is 1.55. The number of carbonyl (C=O) groups is 1. The largest absolute Gasteiger partial charge is 0.496 e. The Bertz CT molecular complexity index is 270. The summed E-state index contributed by atoms with van der Waals surface area (Å²) in [7, 11) is 2.61. The highest BCUT2D eigenvalue weighted by Crippen LogP contribution is 2.17. The van der Waals surface area contributed by atoms with Gasteiger partial charge in [-0.25, -0.2) is 0 Å². The molecule has 0 atom stereocenters. The first-order chi connectivity index (χ1) is 7.27. The number of carbonyl (C=O) groups excluding carboxylic acids is 1. The van der Waals surface area contributed by atoms with Crippen molar-refractivity contribution in [3.8, 4) is 5.75 Å². The minimum atomic E-state index is 0.684. The molecule has 0 amide bonds. The Morgan fingerprint density at radius 2 is 1.80 bits per heavy atom. The van der Waals surface area contributed by atoms with Gasteiger partial charge in [0.15, 0.2) is 0 Å². The van der Waals surface area contributed by atoms with Gasteiger partial charge in [0.1, 0.15) is 12.0 Å². The topological polar surface area (TPSA) is 46.5 Å². The van der Waals surface area contributed by atoms with E-state index in [1.807, 2.05) is 20.8 Å². The van der Waals surface area contributed by atoms with E-state index in [1.165, 1.54) is 0 Å². The molecule has 1 rings (SSSR count). The number of aliphatic hydroxyl groups excluding tert-OH is 1. The predicted octanol–water partition coefficient (Wildman–Crippen LogP) is 2.45. The molecular formula is C12H20O3. The quantitative estimate of drug-likeness (QED) is 0.766. The number of aliphatic hydroxyl groups is 1. The molecule has 0 saturated carbocycles. The normalized spacial score (nSPS) is 7.60. The Kier molecular flexibility index (Phi) is 11.5. The number of ether oxygens (including phenoxy) is 1. The first-order valence-electron chi connectivity index (χ1n) is 4.82. The summed E-state index contributed by atoms with van der Waals surface area (Å²) in [5, 5.41) is 7.00. The molecule has 0 spiro atoms. The van der Waals surface area contributed by atoms with Crippen LogP contribution in [-0.2, 0) is 0 Å². The van der Waals surface area contributed by atoms with Gasteiger partial charge in [-0.1, -0.05) is 13.8 Å². The van der Waals surface area contributed by atoms with E-state index in [0.29, 0.717) is 5.56 Å². The maximum Gasteiger partial charge on any atom is 0.150 e. The maximum atomic E-state index is 10.3.